The van der Waals surface area contributed by atoms with Crippen molar-refractivity contribution < 1.29 is 28.7 Å². The van der Waals surface area contributed by atoms with E-state index in [2.05, 4.69) is 36.8 Å². The number of hydrogen-bond acceptors (Lipinski definition) is 9. The predicted octanol–water partition coefficient (Wildman–Crippen LogP) is 1.03. The first-order valence-corrected chi connectivity index (χ1v) is 16.3. The molecule has 49 heavy (non-hydrogen) atoms. The van der Waals surface area contributed by atoms with Gasteiger partial charge in [-0.25, -0.2) is 4.68 Å². The van der Waals surface area contributed by atoms with Crippen LogP contribution in [0.25, 0.3) is 5.69 Å². The first-order chi connectivity index (χ1) is 23.3. The molecule has 15 nitrogen and oxygen atoms in total. The van der Waals surface area contributed by atoms with E-state index in [0.717, 1.165) is 5.56 Å². The van der Waals surface area contributed by atoms with Gasteiger partial charge in [0.25, 0.3) is 5.91 Å². The number of carbonyl (C=O) groups is 5. The first kappa shape index (κ1) is 36.5. The molecule has 262 valence electrons. The second kappa shape index (κ2) is 16.7. The van der Waals surface area contributed by atoms with Gasteiger partial charge in [0.1, 0.15) is 30.2 Å². The summed E-state index contributed by atoms with van der Waals surface area (Å²) in [6.45, 7) is 8.77. The minimum atomic E-state index is -1.05. The highest BCUT2D eigenvalue weighted by atomic mass is 16.5. The van der Waals surface area contributed by atoms with Crippen LogP contribution >= 0.6 is 0 Å². The molecule has 1 aromatic heterocycles. The minimum absolute atomic E-state index is 0.00773. The average Bonchev–Trinajstić information content (AvgIpc) is 3.61. The third-order valence-corrected chi connectivity index (χ3v) is 8.24. The zero-order valence-electron chi connectivity index (χ0n) is 28.7. The molecule has 4 N–H and O–H groups in total. The lowest BCUT2D eigenvalue weighted by atomic mass is 10.0. The summed E-state index contributed by atoms with van der Waals surface area (Å²) in [6.07, 6.45) is 1.84. The van der Waals surface area contributed by atoms with Crippen molar-refractivity contribution >= 4 is 29.5 Å². The lowest BCUT2D eigenvalue weighted by Crippen LogP contribution is -2.57. The van der Waals surface area contributed by atoms with Crippen LogP contribution in [0.3, 0.4) is 0 Å². The molecule has 0 unspecified atom stereocenters. The van der Waals surface area contributed by atoms with E-state index in [1.807, 2.05) is 27.7 Å². The van der Waals surface area contributed by atoms with Crippen LogP contribution in [-0.2, 0) is 25.6 Å². The molecule has 15 heteroatoms. The van der Waals surface area contributed by atoms with Gasteiger partial charge in [-0.1, -0.05) is 39.8 Å². The van der Waals surface area contributed by atoms with Crippen LogP contribution in [0, 0.1) is 11.8 Å². The molecule has 1 aliphatic rings. The molecular weight excluding hydrogens is 630 g/mol. The van der Waals surface area contributed by atoms with Crippen LogP contribution in [0.2, 0.25) is 0 Å². The second-order valence-corrected chi connectivity index (χ2v) is 12.9. The molecule has 4 rings (SSSR count). The van der Waals surface area contributed by atoms with Gasteiger partial charge in [-0.15, -0.1) is 5.10 Å². The molecule has 3 aromatic rings. The van der Waals surface area contributed by atoms with Gasteiger partial charge in [-0.2, -0.15) is 0 Å². The molecule has 2 aromatic carbocycles. The Kier molecular flexibility index (Phi) is 12.4. The molecule has 1 fully saturated rings. The predicted molar refractivity (Wildman–Crippen MR) is 179 cm³/mol. The number of methoxy groups -OCH3 is 1. The summed E-state index contributed by atoms with van der Waals surface area (Å²) in [5, 5.41) is 22.4. The van der Waals surface area contributed by atoms with E-state index in [1.165, 1.54) is 15.9 Å². The van der Waals surface area contributed by atoms with E-state index >= 15 is 0 Å². The van der Waals surface area contributed by atoms with Crippen LogP contribution in [0.4, 0.5) is 0 Å². The van der Waals surface area contributed by atoms with E-state index in [-0.39, 0.29) is 37.8 Å². The maximum absolute atomic E-state index is 13.9. The SMILES string of the molecule is COc1ccc(C[C@@H]2NC(=O)[C@H](CC(C)C)NC(=O)CN(C(=O)c3ccc(-n4cnnn4)cc3)C[C@H](C(C)C)NC(=O)[C@@H](C)NC2=O)cc1. The Bertz CT molecular complexity index is 1590. The van der Waals surface area contributed by atoms with Crippen molar-refractivity contribution in [3.8, 4) is 11.4 Å². The van der Waals surface area contributed by atoms with Gasteiger partial charge < -0.3 is 30.9 Å². The number of hydrogen-bond donors (Lipinski definition) is 4. The van der Waals surface area contributed by atoms with E-state index in [9.17, 15) is 24.0 Å². The van der Waals surface area contributed by atoms with Crippen molar-refractivity contribution in [3.63, 3.8) is 0 Å². The highest BCUT2D eigenvalue weighted by Gasteiger charge is 2.32. The number of aromatic nitrogens is 4. The summed E-state index contributed by atoms with van der Waals surface area (Å²) in [4.78, 5) is 69.6. The van der Waals surface area contributed by atoms with Crippen molar-refractivity contribution in [3.05, 3.63) is 66.0 Å². The summed E-state index contributed by atoms with van der Waals surface area (Å²) in [5.74, 6) is -2.10. The third kappa shape index (κ3) is 10.1. The summed E-state index contributed by atoms with van der Waals surface area (Å²) >= 11 is 0. The Balaban J connectivity index is 1.65. The molecule has 2 heterocycles. The van der Waals surface area contributed by atoms with E-state index in [1.54, 1.807) is 62.6 Å². The van der Waals surface area contributed by atoms with Crippen LogP contribution in [-0.4, -0.2) is 99.0 Å². The Morgan fingerprint density at radius 3 is 2.14 bits per heavy atom. The fraction of sp³-hybridized carbons (Fsp3) is 0.471. The number of nitrogens with zero attached hydrogens (tertiary/aromatic N) is 5. The fourth-order valence-corrected chi connectivity index (χ4v) is 5.38. The number of benzene rings is 2. The summed E-state index contributed by atoms with van der Waals surface area (Å²) in [7, 11) is 1.55. The van der Waals surface area contributed by atoms with Gasteiger partial charge in [0, 0.05) is 24.6 Å². The number of nitrogens with one attached hydrogen (secondary N) is 4. The van der Waals surface area contributed by atoms with Crippen LogP contribution in [0.15, 0.2) is 54.9 Å². The normalized spacial score (nSPS) is 21.3. The van der Waals surface area contributed by atoms with Crippen LogP contribution in [0.1, 0.15) is 57.0 Å². The number of ether oxygens (including phenoxy) is 1. The van der Waals surface area contributed by atoms with Gasteiger partial charge in [0.05, 0.1) is 19.3 Å². The molecule has 1 saturated heterocycles. The monoisotopic (exact) mass is 675 g/mol. The number of rotatable bonds is 8. The topological polar surface area (TPSA) is 190 Å². The van der Waals surface area contributed by atoms with Gasteiger partial charge in [0.2, 0.25) is 23.6 Å². The van der Waals surface area contributed by atoms with Gasteiger partial charge in [-0.05, 0) is 77.6 Å². The Morgan fingerprint density at radius 2 is 1.55 bits per heavy atom. The zero-order chi connectivity index (χ0) is 35.7. The molecule has 4 atom stereocenters. The van der Waals surface area contributed by atoms with Crippen molar-refractivity contribution in [1.29, 1.82) is 0 Å². The number of carbonyl (C=O) groups excluding carboxylic acids is 5. The summed E-state index contributed by atoms with van der Waals surface area (Å²) in [5.41, 5.74) is 1.68. The van der Waals surface area contributed by atoms with Crippen molar-refractivity contribution in [2.75, 3.05) is 20.2 Å². The minimum Gasteiger partial charge on any atom is -0.497 e. The zero-order valence-corrected chi connectivity index (χ0v) is 28.7. The van der Waals surface area contributed by atoms with E-state index < -0.39 is 53.7 Å². The molecule has 0 bridgehead atoms. The standard InChI is InChI=1S/C34H45N9O6/c1-20(2)15-27-33(47)38-28(16-23-7-13-26(49-6)14-8-23)32(46)36-22(5)31(45)39-29(21(3)4)17-42(18-30(44)37-27)34(48)24-9-11-25(12-10-24)43-19-35-40-41-43/h7-14,19-22,27-29H,15-18H2,1-6H3,(H,36,46)(H,37,44)(H,38,47)(H,39,45)/t22-,27+,28+,29-/m1/s1. The Labute approximate surface area is 285 Å². The number of amides is 5. The number of tetrazole rings is 1. The smallest absolute Gasteiger partial charge is 0.254 e. The van der Waals surface area contributed by atoms with Crippen molar-refractivity contribution in [2.24, 2.45) is 11.8 Å². The summed E-state index contributed by atoms with van der Waals surface area (Å²) < 4.78 is 6.68. The highest BCUT2D eigenvalue weighted by Crippen LogP contribution is 2.16. The molecule has 1 aliphatic heterocycles. The first-order valence-electron chi connectivity index (χ1n) is 16.3. The maximum Gasteiger partial charge on any atom is 0.254 e. The quantitative estimate of drug-likeness (QED) is 0.270. The lowest BCUT2D eigenvalue weighted by Gasteiger charge is -2.31. The van der Waals surface area contributed by atoms with Crippen molar-refractivity contribution in [1.82, 2.24) is 46.4 Å². The summed E-state index contributed by atoms with van der Waals surface area (Å²) in [6, 6.07) is 10.0. The third-order valence-electron chi connectivity index (χ3n) is 8.24. The maximum atomic E-state index is 13.9. The Morgan fingerprint density at radius 1 is 0.878 bits per heavy atom. The molecule has 5 amide bonds. The van der Waals surface area contributed by atoms with Crippen LogP contribution < -0.4 is 26.0 Å². The van der Waals surface area contributed by atoms with E-state index in [0.29, 0.717) is 17.0 Å². The molecule has 0 radical (unpaired) electrons. The largest absolute Gasteiger partial charge is 0.497 e. The van der Waals surface area contributed by atoms with Crippen molar-refractivity contribution in [2.45, 2.75) is 71.6 Å². The molecule has 0 spiro atoms. The highest BCUT2D eigenvalue weighted by molar-refractivity contribution is 5.98. The molecular formula is C34H45N9O6. The van der Waals surface area contributed by atoms with Gasteiger partial charge >= 0.3 is 0 Å². The molecule has 0 saturated carbocycles. The lowest BCUT2D eigenvalue weighted by molar-refractivity contribution is -0.133. The van der Waals surface area contributed by atoms with E-state index in [4.69, 9.17) is 4.74 Å². The van der Waals surface area contributed by atoms with Gasteiger partial charge in [0.15, 0.2) is 0 Å². The Hall–Kier alpha value is -5.34. The molecule has 0 aliphatic carbocycles. The van der Waals surface area contributed by atoms with Gasteiger partial charge in [-0.3, -0.25) is 24.0 Å². The fourth-order valence-electron chi connectivity index (χ4n) is 5.38. The van der Waals surface area contributed by atoms with Crippen LogP contribution in [0.5, 0.6) is 5.75 Å². The average molecular weight is 676 g/mol. The second-order valence-electron chi connectivity index (χ2n) is 12.9.